The highest BCUT2D eigenvalue weighted by Gasteiger charge is 2.37. The molecule has 2 unspecified atom stereocenters. The first-order chi connectivity index (χ1) is 11.0. The molecule has 0 spiro atoms. The number of hydrogen-bond donors (Lipinski definition) is 1. The molecule has 0 radical (unpaired) electrons. The standard InChI is InChI=1S/C16H28N2O4S/c1-4-12(2)11-22-9-5-7-17-14(19)6-8-18-15(20)10-13(23-3)16(18)21/h12-13H,4-11H2,1-3H3,(H,17,19). The van der Waals surface area contributed by atoms with Crippen LogP contribution in [-0.4, -0.2) is 60.4 Å². The molecule has 1 aliphatic heterocycles. The van der Waals surface area contributed by atoms with Gasteiger partial charge in [-0.05, 0) is 18.6 Å². The van der Waals surface area contributed by atoms with Crippen molar-refractivity contribution in [2.75, 3.05) is 32.6 Å². The maximum atomic E-state index is 11.9. The molecule has 1 fully saturated rings. The number of carbonyl (C=O) groups excluding carboxylic acids is 3. The van der Waals surface area contributed by atoms with E-state index in [1.54, 1.807) is 0 Å². The van der Waals surface area contributed by atoms with Gasteiger partial charge in [-0.2, -0.15) is 11.8 Å². The summed E-state index contributed by atoms with van der Waals surface area (Å²) in [5.74, 6) is 0.0692. The van der Waals surface area contributed by atoms with Crippen molar-refractivity contribution in [1.82, 2.24) is 10.2 Å². The third-order valence-electron chi connectivity index (χ3n) is 3.94. The molecular formula is C16H28N2O4S. The van der Waals surface area contributed by atoms with Crippen LogP contribution in [0.25, 0.3) is 0 Å². The number of ether oxygens (including phenoxy) is 1. The highest BCUT2D eigenvalue weighted by atomic mass is 32.2. The first-order valence-electron chi connectivity index (χ1n) is 8.21. The molecule has 23 heavy (non-hydrogen) atoms. The lowest BCUT2D eigenvalue weighted by molar-refractivity contribution is -0.138. The highest BCUT2D eigenvalue weighted by Crippen LogP contribution is 2.22. The maximum Gasteiger partial charge on any atom is 0.242 e. The Hall–Kier alpha value is -1.08. The van der Waals surface area contributed by atoms with E-state index in [9.17, 15) is 14.4 Å². The highest BCUT2D eigenvalue weighted by molar-refractivity contribution is 8.00. The van der Waals surface area contributed by atoms with Crippen LogP contribution in [0.1, 0.15) is 39.5 Å². The van der Waals surface area contributed by atoms with Gasteiger partial charge in [0.15, 0.2) is 0 Å². The molecule has 3 amide bonds. The summed E-state index contributed by atoms with van der Waals surface area (Å²) in [5, 5.41) is 2.51. The van der Waals surface area contributed by atoms with E-state index < -0.39 is 0 Å². The first-order valence-corrected chi connectivity index (χ1v) is 9.49. The Kier molecular flexibility index (Phi) is 9.24. The number of nitrogens with one attached hydrogen (secondary N) is 1. The Balaban J connectivity index is 2.11. The average molecular weight is 344 g/mol. The van der Waals surface area contributed by atoms with E-state index in [2.05, 4.69) is 19.2 Å². The van der Waals surface area contributed by atoms with Crippen LogP contribution in [0.15, 0.2) is 0 Å². The molecular weight excluding hydrogens is 316 g/mol. The summed E-state index contributed by atoms with van der Waals surface area (Å²) < 4.78 is 5.51. The largest absolute Gasteiger partial charge is 0.381 e. The molecule has 0 aliphatic carbocycles. The van der Waals surface area contributed by atoms with E-state index in [0.29, 0.717) is 19.1 Å². The number of carbonyl (C=O) groups is 3. The van der Waals surface area contributed by atoms with Crippen molar-refractivity contribution >= 4 is 29.5 Å². The summed E-state index contributed by atoms with van der Waals surface area (Å²) in [5.41, 5.74) is 0. The quantitative estimate of drug-likeness (QED) is 0.453. The summed E-state index contributed by atoms with van der Waals surface area (Å²) >= 11 is 1.38. The number of rotatable bonds is 11. The smallest absolute Gasteiger partial charge is 0.242 e. The Morgan fingerprint density at radius 3 is 2.83 bits per heavy atom. The van der Waals surface area contributed by atoms with Crippen molar-refractivity contribution in [3.63, 3.8) is 0 Å². The van der Waals surface area contributed by atoms with Crippen molar-refractivity contribution in [2.45, 2.75) is 44.8 Å². The average Bonchev–Trinajstić information content (AvgIpc) is 2.82. The van der Waals surface area contributed by atoms with Crippen molar-refractivity contribution in [3.8, 4) is 0 Å². The topological polar surface area (TPSA) is 75.7 Å². The zero-order chi connectivity index (χ0) is 17.2. The first kappa shape index (κ1) is 20.0. The molecule has 1 heterocycles. The van der Waals surface area contributed by atoms with Crippen LogP contribution < -0.4 is 5.32 Å². The minimum Gasteiger partial charge on any atom is -0.381 e. The molecule has 2 atom stereocenters. The van der Waals surface area contributed by atoms with Gasteiger partial charge >= 0.3 is 0 Å². The maximum absolute atomic E-state index is 11.9. The molecule has 7 heteroatoms. The van der Waals surface area contributed by atoms with Crippen LogP contribution in [-0.2, 0) is 19.1 Å². The fourth-order valence-electron chi connectivity index (χ4n) is 2.18. The van der Waals surface area contributed by atoms with E-state index in [1.165, 1.54) is 16.7 Å². The van der Waals surface area contributed by atoms with E-state index in [0.717, 1.165) is 19.4 Å². The van der Waals surface area contributed by atoms with Crippen molar-refractivity contribution in [2.24, 2.45) is 5.92 Å². The van der Waals surface area contributed by atoms with Gasteiger partial charge in [0.05, 0.1) is 5.25 Å². The summed E-state index contributed by atoms with van der Waals surface area (Å²) in [4.78, 5) is 36.6. The number of likely N-dealkylation sites (tertiary alicyclic amines) is 1. The van der Waals surface area contributed by atoms with Gasteiger partial charge in [0.2, 0.25) is 17.7 Å². The molecule has 1 aliphatic rings. The molecule has 0 saturated carbocycles. The lowest BCUT2D eigenvalue weighted by Gasteiger charge is -2.14. The Morgan fingerprint density at radius 1 is 1.48 bits per heavy atom. The van der Waals surface area contributed by atoms with Gasteiger partial charge < -0.3 is 10.1 Å². The van der Waals surface area contributed by atoms with Gasteiger partial charge in [-0.3, -0.25) is 19.3 Å². The number of thioether (sulfide) groups is 1. The Labute approximate surface area is 142 Å². The van der Waals surface area contributed by atoms with Crippen molar-refractivity contribution in [3.05, 3.63) is 0 Å². The third kappa shape index (κ3) is 6.91. The molecule has 1 rings (SSSR count). The van der Waals surface area contributed by atoms with Gasteiger partial charge in [0, 0.05) is 39.1 Å². The Bertz CT molecular complexity index is 417. The number of amides is 3. The third-order valence-corrected chi connectivity index (χ3v) is 4.87. The second-order valence-electron chi connectivity index (χ2n) is 5.85. The van der Waals surface area contributed by atoms with Gasteiger partial charge in [-0.15, -0.1) is 0 Å². The molecule has 0 aromatic heterocycles. The number of imide groups is 1. The second-order valence-corrected chi connectivity index (χ2v) is 6.89. The van der Waals surface area contributed by atoms with Crippen LogP contribution in [0.5, 0.6) is 0 Å². The van der Waals surface area contributed by atoms with Gasteiger partial charge in [-0.25, -0.2) is 0 Å². The second kappa shape index (κ2) is 10.6. The van der Waals surface area contributed by atoms with E-state index in [1.807, 2.05) is 6.26 Å². The SMILES string of the molecule is CCC(C)COCCCNC(=O)CCN1C(=O)CC(SC)C1=O. The summed E-state index contributed by atoms with van der Waals surface area (Å²) in [6.45, 7) is 6.37. The number of hydrogen-bond acceptors (Lipinski definition) is 5. The Morgan fingerprint density at radius 2 is 2.22 bits per heavy atom. The van der Waals surface area contributed by atoms with Crippen LogP contribution >= 0.6 is 11.8 Å². The molecule has 0 aromatic carbocycles. The monoisotopic (exact) mass is 344 g/mol. The molecule has 1 N–H and O–H groups in total. The molecule has 1 saturated heterocycles. The lowest BCUT2D eigenvalue weighted by atomic mass is 10.1. The van der Waals surface area contributed by atoms with Gasteiger partial charge in [-0.1, -0.05) is 20.3 Å². The van der Waals surface area contributed by atoms with E-state index in [-0.39, 0.29) is 42.4 Å². The van der Waals surface area contributed by atoms with Crippen molar-refractivity contribution < 1.29 is 19.1 Å². The van der Waals surface area contributed by atoms with Crippen LogP contribution in [0.3, 0.4) is 0 Å². The minimum atomic E-state index is -0.284. The molecule has 0 aromatic rings. The zero-order valence-electron chi connectivity index (χ0n) is 14.3. The molecule has 6 nitrogen and oxygen atoms in total. The predicted molar refractivity (Wildman–Crippen MR) is 91.2 cm³/mol. The van der Waals surface area contributed by atoms with Crippen LogP contribution in [0.2, 0.25) is 0 Å². The fourth-order valence-corrected chi connectivity index (χ4v) is 2.82. The molecule has 0 bridgehead atoms. The van der Waals surface area contributed by atoms with Crippen LogP contribution in [0.4, 0.5) is 0 Å². The summed E-state index contributed by atoms with van der Waals surface area (Å²) in [7, 11) is 0. The zero-order valence-corrected chi connectivity index (χ0v) is 15.1. The minimum absolute atomic E-state index is 0.139. The van der Waals surface area contributed by atoms with Gasteiger partial charge in [0.1, 0.15) is 0 Å². The van der Waals surface area contributed by atoms with Gasteiger partial charge in [0.25, 0.3) is 0 Å². The molecule has 132 valence electrons. The van der Waals surface area contributed by atoms with Crippen LogP contribution in [0, 0.1) is 5.92 Å². The normalized spacial score (nSPS) is 19.3. The predicted octanol–water partition coefficient (Wildman–Crippen LogP) is 1.44. The fraction of sp³-hybridized carbons (Fsp3) is 0.812. The van der Waals surface area contributed by atoms with E-state index in [4.69, 9.17) is 4.74 Å². The van der Waals surface area contributed by atoms with Crippen molar-refractivity contribution in [1.29, 1.82) is 0 Å². The lowest BCUT2D eigenvalue weighted by Crippen LogP contribution is -2.35. The van der Waals surface area contributed by atoms with E-state index >= 15 is 0 Å². The summed E-state index contributed by atoms with van der Waals surface area (Å²) in [6, 6.07) is 0. The number of nitrogens with zero attached hydrogens (tertiary/aromatic N) is 1. The summed E-state index contributed by atoms with van der Waals surface area (Å²) in [6.07, 6.45) is 4.08.